The van der Waals surface area contributed by atoms with E-state index in [0.29, 0.717) is 32.9 Å². The molecule has 2 rings (SSSR count). The number of aliphatic hydroxyl groups excluding tert-OH is 1. The van der Waals surface area contributed by atoms with E-state index in [1.807, 2.05) is 54.6 Å². The molecule has 0 radical (unpaired) electrons. The minimum atomic E-state index is -0.565. The molecule has 0 bridgehead atoms. The monoisotopic (exact) mass is 359 g/mol. The zero-order valence-corrected chi connectivity index (χ0v) is 15.6. The highest BCUT2D eigenvalue weighted by atomic mass is 16.5. The first-order valence-electron chi connectivity index (χ1n) is 8.86. The molecule has 0 amide bonds. The highest BCUT2D eigenvalue weighted by Crippen LogP contribution is 2.19. The standard InChI is InChI=1S/C21H29NO4/c1-24-13-12-22(14-19-10-6-7-11-21(19)25-2)15-20(23)17-26-16-18-8-4-3-5-9-18/h3-11,20,23H,12-17H2,1-2H3. The lowest BCUT2D eigenvalue weighted by molar-refractivity contribution is 0.00469. The van der Waals surface area contributed by atoms with Crippen LogP contribution in [0.15, 0.2) is 54.6 Å². The Morgan fingerprint density at radius 2 is 1.73 bits per heavy atom. The highest BCUT2D eigenvalue weighted by Gasteiger charge is 2.14. The molecule has 142 valence electrons. The van der Waals surface area contributed by atoms with Crippen molar-refractivity contribution in [3.63, 3.8) is 0 Å². The fourth-order valence-electron chi connectivity index (χ4n) is 2.77. The number of rotatable bonds is 12. The van der Waals surface area contributed by atoms with Crippen LogP contribution in [0.2, 0.25) is 0 Å². The summed E-state index contributed by atoms with van der Waals surface area (Å²) in [5.74, 6) is 0.852. The van der Waals surface area contributed by atoms with E-state index in [4.69, 9.17) is 14.2 Å². The molecule has 0 heterocycles. The normalized spacial score (nSPS) is 12.3. The maximum Gasteiger partial charge on any atom is 0.123 e. The summed E-state index contributed by atoms with van der Waals surface area (Å²) in [6.45, 7) is 3.32. The Hall–Kier alpha value is -1.92. The van der Waals surface area contributed by atoms with Crippen molar-refractivity contribution in [3.05, 3.63) is 65.7 Å². The molecule has 0 fully saturated rings. The van der Waals surface area contributed by atoms with Gasteiger partial charge in [0.15, 0.2) is 0 Å². The predicted octanol–water partition coefficient (Wildman–Crippen LogP) is 2.72. The first kappa shape index (κ1) is 20.4. The molecule has 1 unspecified atom stereocenters. The van der Waals surface area contributed by atoms with Gasteiger partial charge in [0, 0.05) is 32.3 Å². The van der Waals surface area contributed by atoms with Crippen LogP contribution in [0.1, 0.15) is 11.1 Å². The molecular formula is C21H29NO4. The van der Waals surface area contributed by atoms with Crippen LogP contribution in [-0.4, -0.2) is 56.6 Å². The van der Waals surface area contributed by atoms with E-state index in [-0.39, 0.29) is 0 Å². The Kier molecular flexibility index (Phi) is 9.14. The van der Waals surface area contributed by atoms with Crippen molar-refractivity contribution in [1.29, 1.82) is 0 Å². The van der Waals surface area contributed by atoms with Crippen molar-refractivity contribution in [2.45, 2.75) is 19.3 Å². The summed E-state index contributed by atoms with van der Waals surface area (Å²) < 4.78 is 16.3. The summed E-state index contributed by atoms with van der Waals surface area (Å²) in [5, 5.41) is 10.4. The van der Waals surface area contributed by atoms with Gasteiger partial charge in [-0.15, -0.1) is 0 Å². The van der Waals surface area contributed by atoms with Gasteiger partial charge in [-0.25, -0.2) is 0 Å². The first-order chi connectivity index (χ1) is 12.7. The van der Waals surface area contributed by atoms with Crippen molar-refractivity contribution in [1.82, 2.24) is 4.90 Å². The lowest BCUT2D eigenvalue weighted by atomic mass is 10.1. The van der Waals surface area contributed by atoms with Crippen molar-refractivity contribution >= 4 is 0 Å². The fraction of sp³-hybridized carbons (Fsp3) is 0.429. The number of methoxy groups -OCH3 is 2. The van der Waals surface area contributed by atoms with Gasteiger partial charge in [-0.05, 0) is 11.6 Å². The molecule has 0 aliphatic carbocycles. The number of benzene rings is 2. The van der Waals surface area contributed by atoms with Gasteiger partial charge in [0.2, 0.25) is 0 Å². The first-order valence-corrected chi connectivity index (χ1v) is 8.86. The van der Waals surface area contributed by atoms with Gasteiger partial charge in [-0.3, -0.25) is 4.90 Å². The van der Waals surface area contributed by atoms with Crippen LogP contribution in [0, 0.1) is 0 Å². The average molecular weight is 359 g/mol. The molecule has 0 aromatic heterocycles. The molecule has 26 heavy (non-hydrogen) atoms. The van der Waals surface area contributed by atoms with Crippen LogP contribution in [-0.2, 0) is 22.6 Å². The van der Waals surface area contributed by atoms with Gasteiger partial charge in [0.05, 0.1) is 33.0 Å². The maximum atomic E-state index is 10.4. The third-order valence-electron chi connectivity index (χ3n) is 4.09. The molecule has 0 saturated heterocycles. The van der Waals surface area contributed by atoms with E-state index in [9.17, 15) is 5.11 Å². The zero-order chi connectivity index (χ0) is 18.6. The maximum absolute atomic E-state index is 10.4. The second-order valence-electron chi connectivity index (χ2n) is 6.19. The van der Waals surface area contributed by atoms with Crippen molar-refractivity contribution < 1.29 is 19.3 Å². The molecule has 0 aliphatic rings. The Balaban J connectivity index is 1.85. The van der Waals surface area contributed by atoms with E-state index < -0.39 is 6.10 Å². The van der Waals surface area contributed by atoms with Gasteiger partial charge in [0.25, 0.3) is 0 Å². The number of para-hydroxylation sites is 1. The Morgan fingerprint density at radius 1 is 1.00 bits per heavy atom. The molecular weight excluding hydrogens is 330 g/mol. The molecule has 0 saturated carbocycles. The largest absolute Gasteiger partial charge is 0.496 e. The summed E-state index contributed by atoms with van der Waals surface area (Å²) in [6.07, 6.45) is -0.565. The highest BCUT2D eigenvalue weighted by molar-refractivity contribution is 5.33. The van der Waals surface area contributed by atoms with Crippen LogP contribution in [0.3, 0.4) is 0 Å². The van der Waals surface area contributed by atoms with Crippen LogP contribution >= 0.6 is 0 Å². The summed E-state index contributed by atoms with van der Waals surface area (Å²) in [6, 6.07) is 17.9. The van der Waals surface area contributed by atoms with Crippen LogP contribution in [0.4, 0.5) is 0 Å². The van der Waals surface area contributed by atoms with Crippen LogP contribution < -0.4 is 4.74 Å². The number of nitrogens with zero attached hydrogens (tertiary/aromatic N) is 1. The summed E-state index contributed by atoms with van der Waals surface area (Å²) >= 11 is 0. The zero-order valence-electron chi connectivity index (χ0n) is 15.6. The van der Waals surface area contributed by atoms with E-state index >= 15 is 0 Å². The Labute approximate surface area is 156 Å². The fourth-order valence-corrected chi connectivity index (χ4v) is 2.77. The van der Waals surface area contributed by atoms with Crippen molar-refractivity contribution in [3.8, 4) is 5.75 Å². The van der Waals surface area contributed by atoms with Gasteiger partial charge < -0.3 is 19.3 Å². The Morgan fingerprint density at radius 3 is 2.46 bits per heavy atom. The number of hydrogen-bond donors (Lipinski definition) is 1. The van der Waals surface area contributed by atoms with Crippen molar-refractivity contribution in [2.24, 2.45) is 0 Å². The second-order valence-corrected chi connectivity index (χ2v) is 6.19. The molecule has 2 aromatic carbocycles. The van der Waals surface area contributed by atoms with E-state index in [1.165, 1.54) is 0 Å². The summed E-state index contributed by atoms with van der Waals surface area (Å²) in [4.78, 5) is 2.15. The molecule has 0 spiro atoms. The molecule has 5 heteroatoms. The predicted molar refractivity (Wildman–Crippen MR) is 102 cm³/mol. The lowest BCUT2D eigenvalue weighted by Gasteiger charge is -2.25. The smallest absolute Gasteiger partial charge is 0.123 e. The molecule has 2 aromatic rings. The van der Waals surface area contributed by atoms with Gasteiger partial charge in [-0.1, -0.05) is 48.5 Å². The summed E-state index contributed by atoms with van der Waals surface area (Å²) in [7, 11) is 3.35. The molecule has 1 N–H and O–H groups in total. The number of hydrogen-bond acceptors (Lipinski definition) is 5. The van der Waals surface area contributed by atoms with E-state index in [2.05, 4.69) is 4.90 Å². The van der Waals surface area contributed by atoms with E-state index in [1.54, 1.807) is 14.2 Å². The van der Waals surface area contributed by atoms with E-state index in [0.717, 1.165) is 23.4 Å². The Bertz CT molecular complexity index is 620. The van der Waals surface area contributed by atoms with Gasteiger partial charge >= 0.3 is 0 Å². The van der Waals surface area contributed by atoms with Crippen LogP contribution in [0.25, 0.3) is 0 Å². The second kappa shape index (κ2) is 11.6. The third-order valence-corrected chi connectivity index (χ3v) is 4.09. The minimum Gasteiger partial charge on any atom is -0.496 e. The molecule has 0 aliphatic heterocycles. The minimum absolute atomic E-state index is 0.296. The quantitative estimate of drug-likeness (QED) is 0.631. The van der Waals surface area contributed by atoms with Crippen LogP contribution in [0.5, 0.6) is 5.75 Å². The molecule has 5 nitrogen and oxygen atoms in total. The topological polar surface area (TPSA) is 51.2 Å². The SMILES string of the molecule is COCCN(Cc1ccccc1OC)CC(O)COCc1ccccc1. The van der Waals surface area contributed by atoms with Crippen molar-refractivity contribution in [2.75, 3.05) is 40.5 Å². The number of aliphatic hydroxyl groups is 1. The molecule has 1 atom stereocenters. The lowest BCUT2D eigenvalue weighted by Crippen LogP contribution is -2.36. The van der Waals surface area contributed by atoms with Gasteiger partial charge in [-0.2, -0.15) is 0 Å². The number of ether oxygens (including phenoxy) is 3. The van der Waals surface area contributed by atoms with Gasteiger partial charge in [0.1, 0.15) is 5.75 Å². The average Bonchev–Trinajstić information content (AvgIpc) is 2.67. The third kappa shape index (κ3) is 7.14. The summed E-state index contributed by atoms with van der Waals surface area (Å²) in [5.41, 5.74) is 2.19.